The van der Waals surface area contributed by atoms with Crippen molar-refractivity contribution < 1.29 is 23.7 Å². The van der Waals surface area contributed by atoms with Crippen molar-refractivity contribution in [1.82, 2.24) is 0 Å². The van der Waals surface area contributed by atoms with E-state index in [-0.39, 0.29) is 5.78 Å². The molecule has 0 aliphatic carbocycles. The Morgan fingerprint density at radius 1 is 0.479 bits per heavy atom. The Kier molecular flexibility index (Phi) is 13.1. The zero-order valence-corrected chi connectivity index (χ0v) is 27.3. The van der Waals surface area contributed by atoms with Gasteiger partial charge in [0.2, 0.25) is 0 Å². The predicted octanol–water partition coefficient (Wildman–Crippen LogP) is 10.4. The van der Waals surface area contributed by atoms with Gasteiger partial charge in [0.25, 0.3) is 0 Å². The van der Waals surface area contributed by atoms with Crippen molar-refractivity contribution in [3.05, 3.63) is 157 Å². The largest absolute Gasteiger partial charge is 0.494 e. The molecule has 0 aliphatic heterocycles. The van der Waals surface area contributed by atoms with Gasteiger partial charge < -0.3 is 18.9 Å². The highest BCUT2D eigenvalue weighted by atomic mass is 16.5. The highest BCUT2D eigenvalue weighted by molar-refractivity contribution is 6.06. The smallest absolute Gasteiger partial charge is 0.185 e. The quantitative estimate of drug-likeness (QED) is 0.0512. The first-order valence-electron chi connectivity index (χ1n) is 16.5. The molecule has 0 unspecified atom stereocenters. The lowest BCUT2D eigenvalue weighted by atomic mass is 10.1. The van der Waals surface area contributed by atoms with Crippen LogP contribution >= 0.6 is 0 Å². The minimum absolute atomic E-state index is 0.0214. The van der Waals surface area contributed by atoms with Crippen LogP contribution in [0.2, 0.25) is 0 Å². The third-order valence-electron chi connectivity index (χ3n) is 7.72. The molecule has 0 aliphatic rings. The fraction of sp³-hybridized carbons (Fsp3) is 0.186. The number of hydrogen-bond acceptors (Lipinski definition) is 5. The van der Waals surface area contributed by atoms with Gasteiger partial charge in [0.1, 0.15) is 36.2 Å². The molecule has 5 aromatic carbocycles. The van der Waals surface area contributed by atoms with Gasteiger partial charge in [-0.25, -0.2) is 0 Å². The molecule has 0 saturated carbocycles. The lowest BCUT2D eigenvalue weighted by Gasteiger charge is -2.10. The van der Waals surface area contributed by atoms with Gasteiger partial charge in [-0.3, -0.25) is 4.79 Å². The first-order chi connectivity index (χ1) is 23.7. The van der Waals surface area contributed by atoms with Crippen molar-refractivity contribution in [1.29, 1.82) is 0 Å². The minimum atomic E-state index is -0.0214. The van der Waals surface area contributed by atoms with Crippen molar-refractivity contribution >= 4 is 17.9 Å². The SMILES string of the molecule is C=Cc1ccc(OCCCCCCOc2ccc(-c3ccc(OCCOc4ccc(/C=C/C(=O)c5ccccc5)cc4)cc3)cc2)cc1. The summed E-state index contributed by atoms with van der Waals surface area (Å²) in [7, 11) is 0. The van der Waals surface area contributed by atoms with E-state index in [0.717, 1.165) is 77.5 Å². The Morgan fingerprint density at radius 3 is 1.35 bits per heavy atom. The molecular weight excluding hydrogens is 596 g/mol. The number of unbranched alkanes of at least 4 members (excludes halogenated alkanes) is 3. The van der Waals surface area contributed by atoms with Crippen LogP contribution in [0, 0.1) is 0 Å². The summed E-state index contributed by atoms with van der Waals surface area (Å²) in [5.41, 5.74) is 4.94. The highest BCUT2D eigenvalue weighted by Gasteiger charge is 2.03. The van der Waals surface area contributed by atoms with Crippen molar-refractivity contribution in [2.24, 2.45) is 0 Å². The molecule has 48 heavy (non-hydrogen) atoms. The average molecular weight is 639 g/mol. The van der Waals surface area contributed by atoms with E-state index >= 15 is 0 Å². The van der Waals surface area contributed by atoms with Crippen LogP contribution in [0.15, 0.2) is 140 Å². The lowest BCUT2D eigenvalue weighted by molar-refractivity contribution is 0.104. The molecule has 0 atom stereocenters. The molecule has 0 amide bonds. The molecule has 5 heteroatoms. The topological polar surface area (TPSA) is 54.0 Å². The molecule has 5 aromatic rings. The first-order valence-corrected chi connectivity index (χ1v) is 16.5. The van der Waals surface area contributed by atoms with Gasteiger partial charge in [-0.15, -0.1) is 0 Å². The number of allylic oxidation sites excluding steroid dienone is 1. The fourth-order valence-corrected chi connectivity index (χ4v) is 4.99. The van der Waals surface area contributed by atoms with Crippen LogP contribution in [0.5, 0.6) is 23.0 Å². The molecule has 0 heterocycles. The number of carbonyl (C=O) groups is 1. The Hall–Kier alpha value is -5.55. The van der Waals surface area contributed by atoms with Crippen molar-refractivity contribution in [2.75, 3.05) is 26.4 Å². The molecule has 0 radical (unpaired) electrons. The summed E-state index contributed by atoms with van der Waals surface area (Å²) in [6, 6.07) is 41.1. The molecule has 5 nitrogen and oxygen atoms in total. The van der Waals surface area contributed by atoms with Gasteiger partial charge in [0.15, 0.2) is 5.78 Å². The number of rotatable bonds is 19. The van der Waals surface area contributed by atoms with Crippen LogP contribution in [-0.2, 0) is 0 Å². The van der Waals surface area contributed by atoms with Gasteiger partial charge in [-0.05, 0) is 103 Å². The van der Waals surface area contributed by atoms with Gasteiger partial charge >= 0.3 is 0 Å². The molecule has 0 spiro atoms. The van der Waals surface area contributed by atoms with Crippen molar-refractivity contribution in [3.8, 4) is 34.1 Å². The molecule has 244 valence electrons. The molecule has 0 N–H and O–H groups in total. The fourth-order valence-electron chi connectivity index (χ4n) is 4.99. The maximum Gasteiger partial charge on any atom is 0.185 e. The summed E-state index contributed by atoms with van der Waals surface area (Å²) < 4.78 is 23.5. The van der Waals surface area contributed by atoms with E-state index in [4.69, 9.17) is 18.9 Å². The van der Waals surface area contributed by atoms with Crippen LogP contribution in [-0.4, -0.2) is 32.2 Å². The van der Waals surface area contributed by atoms with Gasteiger partial charge in [-0.2, -0.15) is 0 Å². The highest BCUT2D eigenvalue weighted by Crippen LogP contribution is 2.25. The average Bonchev–Trinajstić information content (AvgIpc) is 3.15. The normalized spacial score (nSPS) is 10.8. The zero-order chi connectivity index (χ0) is 33.2. The minimum Gasteiger partial charge on any atom is -0.494 e. The van der Waals surface area contributed by atoms with E-state index < -0.39 is 0 Å². The Balaban J connectivity index is 0.936. The maximum atomic E-state index is 12.3. The van der Waals surface area contributed by atoms with Gasteiger partial charge in [0, 0.05) is 5.56 Å². The van der Waals surface area contributed by atoms with Crippen molar-refractivity contribution in [3.63, 3.8) is 0 Å². The van der Waals surface area contributed by atoms with Crippen molar-refractivity contribution in [2.45, 2.75) is 25.7 Å². The molecule has 5 rings (SSSR count). The van der Waals surface area contributed by atoms with Crippen LogP contribution < -0.4 is 18.9 Å². The Labute approximate surface area is 284 Å². The molecular formula is C43H42O5. The Morgan fingerprint density at radius 2 is 0.896 bits per heavy atom. The summed E-state index contributed by atoms with van der Waals surface area (Å²) in [6.45, 7) is 6.06. The lowest BCUT2D eigenvalue weighted by Crippen LogP contribution is -2.08. The zero-order valence-electron chi connectivity index (χ0n) is 27.3. The third-order valence-corrected chi connectivity index (χ3v) is 7.72. The number of carbonyl (C=O) groups excluding carboxylic acids is 1. The van der Waals surface area contributed by atoms with E-state index in [9.17, 15) is 4.79 Å². The maximum absolute atomic E-state index is 12.3. The van der Waals surface area contributed by atoms with E-state index in [1.165, 1.54) is 0 Å². The summed E-state index contributed by atoms with van der Waals surface area (Å²) in [5.74, 6) is 3.31. The van der Waals surface area contributed by atoms with Crippen LogP contribution in [0.25, 0.3) is 23.3 Å². The van der Waals surface area contributed by atoms with E-state index in [1.54, 1.807) is 6.08 Å². The molecule has 0 saturated heterocycles. The van der Waals surface area contributed by atoms with Gasteiger partial charge in [0.05, 0.1) is 13.2 Å². The van der Waals surface area contributed by atoms with Gasteiger partial charge in [-0.1, -0.05) is 97.6 Å². The first kappa shape index (κ1) is 33.8. The van der Waals surface area contributed by atoms with E-state index in [1.807, 2.05) is 115 Å². The molecule has 0 aromatic heterocycles. The van der Waals surface area contributed by atoms with E-state index in [2.05, 4.69) is 30.8 Å². The summed E-state index contributed by atoms with van der Waals surface area (Å²) in [4.78, 5) is 12.3. The summed E-state index contributed by atoms with van der Waals surface area (Å²) in [6.07, 6.45) is 9.51. The predicted molar refractivity (Wildman–Crippen MR) is 195 cm³/mol. The summed E-state index contributed by atoms with van der Waals surface area (Å²) >= 11 is 0. The van der Waals surface area contributed by atoms with Crippen LogP contribution in [0.1, 0.15) is 47.2 Å². The van der Waals surface area contributed by atoms with Crippen LogP contribution in [0.4, 0.5) is 0 Å². The standard InChI is InChI=1S/C43H42O5/c1-2-34-12-21-39(22-13-34)45-30-8-3-4-9-31-46-41-25-17-36(18-26-41)37-19-27-42(28-20-37)48-33-32-47-40-23-14-35(15-24-40)16-29-43(44)38-10-6-5-7-11-38/h2,5-7,10-29H,1,3-4,8-9,30-33H2/b29-16+. The molecule has 0 fully saturated rings. The second-order valence-electron chi connectivity index (χ2n) is 11.3. The molecule has 0 bridgehead atoms. The summed E-state index contributed by atoms with van der Waals surface area (Å²) in [5, 5.41) is 0. The second kappa shape index (κ2) is 18.6. The Bertz CT molecular complexity index is 1710. The number of hydrogen-bond donors (Lipinski definition) is 0. The third kappa shape index (κ3) is 11.1. The number of ketones is 1. The number of benzene rings is 5. The number of ether oxygens (including phenoxy) is 4. The second-order valence-corrected chi connectivity index (χ2v) is 11.3. The van der Waals surface area contributed by atoms with Crippen LogP contribution in [0.3, 0.4) is 0 Å². The van der Waals surface area contributed by atoms with E-state index in [0.29, 0.717) is 25.4 Å². The monoisotopic (exact) mass is 638 g/mol.